The van der Waals surface area contributed by atoms with Gasteiger partial charge in [0.15, 0.2) is 11.7 Å². The van der Waals surface area contributed by atoms with Gasteiger partial charge in [-0.25, -0.2) is 9.79 Å². The summed E-state index contributed by atoms with van der Waals surface area (Å²) in [6.45, 7) is 11.6. The van der Waals surface area contributed by atoms with Crippen molar-refractivity contribution in [2.45, 2.75) is 117 Å². The number of nitrogens with zero attached hydrogens (tertiary/aromatic N) is 1. The van der Waals surface area contributed by atoms with Crippen LogP contribution in [0.25, 0.3) is 6.08 Å². The van der Waals surface area contributed by atoms with Gasteiger partial charge >= 0.3 is 5.97 Å². The number of benzene rings is 1. The number of aliphatic hydroxyl groups is 3. The van der Waals surface area contributed by atoms with Crippen LogP contribution < -0.4 is 11.5 Å². The van der Waals surface area contributed by atoms with E-state index >= 15 is 4.79 Å². The lowest BCUT2D eigenvalue weighted by Gasteiger charge is -2.67. The van der Waals surface area contributed by atoms with Gasteiger partial charge in [-0.15, -0.1) is 0 Å². The quantitative estimate of drug-likeness (QED) is 0.0865. The zero-order chi connectivity index (χ0) is 40.7. The fraction of sp³-hybridized carbons (Fsp3) is 0.609. The number of aliphatic hydroxyl groups excluding tert-OH is 3. The molecule has 3 fully saturated rings. The van der Waals surface area contributed by atoms with Crippen LogP contribution in [-0.4, -0.2) is 68.3 Å². The summed E-state index contributed by atoms with van der Waals surface area (Å²) in [5.41, 5.74) is 9.60. The number of Topliss-reactive ketones (excluding diaryl/α,β-unsaturated/α-hetero) is 2. The van der Waals surface area contributed by atoms with E-state index in [9.17, 15) is 30.0 Å². The van der Waals surface area contributed by atoms with Gasteiger partial charge in [0.05, 0.1) is 24.4 Å². The molecule has 56 heavy (non-hydrogen) atoms. The van der Waals surface area contributed by atoms with Crippen LogP contribution in [0.15, 0.2) is 76.3 Å². The van der Waals surface area contributed by atoms with Gasteiger partial charge in [0.1, 0.15) is 5.78 Å². The Morgan fingerprint density at radius 1 is 1.04 bits per heavy atom. The van der Waals surface area contributed by atoms with Gasteiger partial charge in [-0.1, -0.05) is 102 Å². The number of carbonyl (C=O) groups excluding carboxylic acids is 2. The van der Waals surface area contributed by atoms with Crippen LogP contribution in [0.2, 0.25) is 0 Å². The Hall–Kier alpha value is -3.86. The van der Waals surface area contributed by atoms with Crippen LogP contribution >= 0.6 is 0 Å². The lowest BCUT2D eigenvalue weighted by Crippen LogP contribution is -2.66. The molecular formula is C46H61N3O7. The maximum absolute atomic E-state index is 15.6. The minimum Gasteiger partial charge on any atom is -0.478 e. The summed E-state index contributed by atoms with van der Waals surface area (Å²) in [5.74, 6) is -3.27. The lowest BCUT2D eigenvalue weighted by atomic mass is 9.36. The van der Waals surface area contributed by atoms with Crippen LogP contribution in [0.3, 0.4) is 0 Å². The fourth-order valence-electron chi connectivity index (χ4n) is 14.1. The number of aliphatic imine (C=N–C) groups is 1. The van der Waals surface area contributed by atoms with E-state index in [-0.39, 0.29) is 47.8 Å². The van der Waals surface area contributed by atoms with Gasteiger partial charge in [0.2, 0.25) is 0 Å². The average Bonchev–Trinajstić information content (AvgIpc) is 3.74. The van der Waals surface area contributed by atoms with E-state index in [1.807, 2.05) is 69.3 Å². The third kappa shape index (κ3) is 5.52. The Morgan fingerprint density at radius 2 is 1.70 bits per heavy atom. The molecular weight excluding hydrogens is 707 g/mol. The zero-order valence-corrected chi connectivity index (χ0v) is 33.7. The number of hydrogen-bond donors (Lipinski definition) is 6. The van der Waals surface area contributed by atoms with Crippen molar-refractivity contribution in [2.24, 2.45) is 73.1 Å². The van der Waals surface area contributed by atoms with Gasteiger partial charge in [0, 0.05) is 62.9 Å². The van der Waals surface area contributed by atoms with E-state index in [2.05, 4.69) is 24.9 Å². The molecule has 6 aliphatic carbocycles. The van der Waals surface area contributed by atoms with Crippen LogP contribution in [0, 0.1) is 56.7 Å². The first kappa shape index (κ1) is 40.3. The number of rotatable bonds is 7. The SMILES string of the molecule is C/C(=C\[C@@H](O)[C@H]1[C@@H](N=C(N)N)C=C[C@@]2(C[C@H](O)[C@@]3(C)C4=C(C(=O)C[C@]23C2CCCC2)[C@@]2(C)CCC(=O)C(C)(C)[C@H]2[C@H](/C=C/c2ccccc2)[C@H]4O)[C@@H]1C)C(=O)O. The van der Waals surface area contributed by atoms with E-state index < -0.39 is 75.2 Å². The third-order valence-electron chi connectivity index (χ3n) is 16.4. The van der Waals surface area contributed by atoms with E-state index in [0.29, 0.717) is 24.0 Å². The predicted molar refractivity (Wildman–Crippen MR) is 216 cm³/mol. The monoisotopic (exact) mass is 767 g/mol. The molecule has 1 spiro atoms. The molecule has 3 saturated carbocycles. The Kier molecular flexibility index (Phi) is 10.0. The minimum atomic E-state index is -1.26. The Bertz CT molecular complexity index is 1940. The maximum atomic E-state index is 15.6. The number of aliphatic carboxylic acids is 1. The molecule has 8 N–H and O–H groups in total. The highest BCUT2D eigenvalue weighted by Crippen LogP contribution is 2.80. The number of ketones is 2. The van der Waals surface area contributed by atoms with Crippen molar-refractivity contribution >= 4 is 29.6 Å². The highest BCUT2D eigenvalue weighted by atomic mass is 16.4. The van der Waals surface area contributed by atoms with Crippen LogP contribution in [-0.2, 0) is 14.4 Å². The Morgan fingerprint density at radius 3 is 2.32 bits per heavy atom. The summed E-state index contributed by atoms with van der Waals surface area (Å²) in [5, 5.41) is 47.8. The van der Waals surface area contributed by atoms with Gasteiger partial charge in [-0.3, -0.25) is 9.59 Å². The number of hydrogen-bond acceptors (Lipinski definition) is 7. The minimum absolute atomic E-state index is 0.00360. The molecule has 302 valence electrons. The second-order valence-corrected chi connectivity index (χ2v) is 19.1. The molecule has 6 aliphatic rings. The molecule has 0 saturated heterocycles. The summed E-state index contributed by atoms with van der Waals surface area (Å²) in [4.78, 5) is 45.9. The topological polar surface area (TPSA) is 197 Å². The number of carboxylic acid groups (broad SMARTS) is 1. The van der Waals surface area contributed by atoms with Crippen molar-refractivity contribution in [3.05, 3.63) is 76.9 Å². The number of guanidine groups is 1. The van der Waals surface area contributed by atoms with Crippen molar-refractivity contribution in [3.8, 4) is 0 Å². The first-order valence-electron chi connectivity index (χ1n) is 20.6. The molecule has 0 bridgehead atoms. The molecule has 0 aromatic heterocycles. The average molecular weight is 768 g/mol. The second-order valence-electron chi connectivity index (χ2n) is 19.1. The molecule has 10 nitrogen and oxygen atoms in total. The van der Waals surface area contributed by atoms with E-state index in [1.165, 1.54) is 13.0 Å². The van der Waals surface area contributed by atoms with E-state index in [0.717, 1.165) is 31.2 Å². The normalized spacial score (nSPS) is 41.4. The summed E-state index contributed by atoms with van der Waals surface area (Å²) >= 11 is 0. The molecule has 12 atom stereocenters. The smallest absolute Gasteiger partial charge is 0.331 e. The second kappa shape index (κ2) is 13.9. The summed E-state index contributed by atoms with van der Waals surface area (Å²) in [6.07, 6.45) is 10.8. The first-order chi connectivity index (χ1) is 26.3. The Labute approximate surface area is 330 Å². The predicted octanol–water partition coefficient (Wildman–Crippen LogP) is 5.76. The van der Waals surface area contributed by atoms with E-state index in [1.54, 1.807) is 0 Å². The summed E-state index contributed by atoms with van der Waals surface area (Å²) in [7, 11) is 0. The molecule has 1 aromatic rings. The molecule has 10 heteroatoms. The first-order valence-corrected chi connectivity index (χ1v) is 20.6. The number of nitrogens with two attached hydrogens (primary N) is 2. The molecule has 1 aromatic carbocycles. The summed E-state index contributed by atoms with van der Waals surface area (Å²) in [6, 6.07) is 9.17. The fourth-order valence-corrected chi connectivity index (χ4v) is 14.1. The van der Waals surface area contributed by atoms with Crippen LogP contribution in [0.5, 0.6) is 0 Å². The van der Waals surface area contributed by atoms with Gasteiger partial charge in [0.25, 0.3) is 0 Å². The third-order valence-corrected chi connectivity index (χ3v) is 16.4. The largest absolute Gasteiger partial charge is 0.478 e. The van der Waals surface area contributed by atoms with Crippen molar-refractivity contribution in [2.75, 3.05) is 0 Å². The van der Waals surface area contributed by atoms with Crippen LogP contribution in [0.1, 0.15) is 98.5 Å². The van der Waals surface area contributed by atoms with E-state index in [4.69, 9.17) is 11.5 Å². The van der Waals surface area contributed by atoms with Crippen molar-refractivity contribution in [3.63, 3.8) is 0 Å². The van der Waals surface area contributed by atoms with Crippen molar-refractivity contribution in [1.82, 2.24) is 0 Å². The maximum Gasteiger partial charge on any atom is 0.331 e. The van der Waals surface area contributed by atoms with Gasteiger partial charge in [-0.2, -0.15) is 0 Å². The van der Waals surface area contributed by atoms with Crippen LogP contribution in [0.4, 0.5) is 0 Å². The highest BCUT2D eigenvalue weighted by molar-refractivity contribution is 6.01. The molecule has 0 radical (unpaired) electrons. The van der Waals surface area contributed by atoms with Gasteiger partial charge in [-0.05, 0) is 67.6 Å². The van der Waals surface area contributed by atoms with Crippen molar-refractivity contribution < 1.29 is 34.8 Å². The lowest BCUT2D eigenvalue weighted by molar-refractivity contribution is -0.160. The summed E-state index contributed by atoms with van der Waals surface area (Å²) < 4.78 is 0. The molecule has 0 heterocycles. The Balaban J connectivity index is 1.49. The number of carboxylic acids is 1. The highest BCUT2D eigenvalue weighted by Gasteiger charge is 2.79. The molecule has 0 unspecified atom stereocenters. The standard InChI is InChI=1S/C46H61N3O7/c1-25(40(55)56)22-31(50)35-26(2)45(21-18-30(35)49-41(47)48)24-34(53)44(6)37-36(32(51)23-46(44,45)28-14-10-11-15-28)43(5)20-19-33(52)42(3,4)39(43)29(38(37)54)17-16-27-12-8-7-9-13-27/h7-9,12-13,16-18,21-22,26,28-31,34-35,38-39,50,53-54H,10-11,14-15,19-20,23-24H2,1-6H3,(H,55,56)(H4,47,48,49)/b17-16+,25-22+/t26-,29-,30+,31-,34+,35-,38-,39-,43-,44+,45-,46-/m1/s1. The van der Waals surface area contributed by atoms with Crippen molar-refractivity contribution in [1.29, 1.82) is 0 Å². The molecule has 7 rings (SSSR count). The number of fused-ring (bicyclic) bond motifs is 5. The van der Waals surface area contributed by atoms with Gasteiger partial charge < -0.3 is 31.9 Å². The molecule has 0 aliphatic heterocycles. The zero-order valence-electron chi connectivity index (χ0n) is 33.7. The molecule has 0 amide bonds. The number of carbonyl (C=O) groups is 3. The number of allylic oxidation sites excluding steroid dienone is 2.